The Kier molecular flexibility index (Phi) is 5.34. The van der Waals surface area contributed by atoms with Crippen LogP contribution in [0.5, 0.6) is 0 Å². The first kappa shape index (κ1) is 17.3. The second-order valence-corrected chi connectivity index (χ2v) is 7.79. The molecule has 0 aromatic heterocycles. The Balaban J connectivity index is 1.26. The van der Waals surface area contributed by atoms with Gasteiger partial charge in [0.2, 0.25) is 0 Å². The summed E-state index contributed by atoms with van der Waals surface area (Å²) in [6.45, 7) is 6.89. The van der Waals surface area contributed by atoms with E-state index in [2.05, 4.69) is 46.2 Å². The van der Waals surface area contributed by atoms with E-state index in [-0.39, 0.29) is 0 Å². The lowest BCUT2D eigenvalue weighted by molar-refractivity contribution is 0.132. The van der Waals surface area contributed by atoms with Crippen molar-refractivity contribution in [2.75, 3.05) is 26.2 Å². The highest BCUT2D eigenvalue weighted by Gasteiger charge is 2.23. The van der Waals surface area contributed by atoms with Crippen molar-refractivity contribution >= 4 is 0 Å². The molecule has 2 aromatic carbocycles. The maximum Gasteiger partial charge on any atom is 0.0991 e. The van der Waals surface area contributed by atoms with Gasteiger partial charge >= 0.3 is 0 Å². The van der Waals surface area contributed by atoms with E-state index in [0.29, 0.717) is 0 Å². The zero-order chi connectivity index (χ0) is 17.8. The van der Waals surface area contributed by atoms with E-state index < -0.39 is 0 Å². The Morgan fingerprint density at radius 2 is 1.73 bits per heavy atom. The lowest BCUT2D eigenvalue weighted by Crippen LogP contribution is -2.40. The molecule has 0 atom stereocenters. The van der Waals surface area contributed by atoms with Crippen LogP contribution in [0.15, 0.2) is 48.5 Å². The fourth-order valence-electron chi connectivity index (χ4n) is 4.40. The van der Waals surface area contributed by atoms with Crippen molar-refractivity contribution in [3.8, 4) is 6.07 Å². The summed E-state index contributed by atoms with van der Waals surface area (Å²) in [5, 5.41) is 9.05. The second kappa shape index (κ2) is 8.03. The number of benzene rings is 2. The monoisotopic (exact) mass is 345 g/mol. The molecule has 0 unspecified atom stereocenters. The van der Waals surface area contributed by atoms with Crippen LogP contribution in [0.2, 0.25) is 0 Å². The molecule has 0 spiro atoms. The van der Waals surface area contributed by atoms with Gasteiger partial charge in [-0.3, -0.25) is 9.80 Å². The van der Waals surface area contributed by atoms with Crippen LogP contribution >= 0.6 is 0 Å². The van der Waals surface area contributed by atoms with E-state index in [1.807, 2.05) is 18.2 Å². The van der Waals surface area contributed by atoms with Crippen molar-refractivity contribution in [3.05, 3.63) is 70.8 Å². The summed E-state index contributed by atoms with van der Waals surface area (Å²) in [6, 6.07) is 19.2. The van der Waals surface area contributed by atoms with Crippen molar-refractivity contribution in [1.29, 1.82) is 5.26 Å². The minimum atomic E-state index is 0.766. The molecule has 3 heteroatoms. The average Bonchev–Trinajstić information content (AvgIpc) is 2.69. The van der Waals surface area contributed by atoms with E-state index >= 15 is 0 Å². The minimum Gasteiger partial charge on any atom is -0.299 e. The number of piperidine rings is 1. The average molecular weight is 345 g/mol. The van der Waals surface area contributed by atoms with Crippen molar-refractivity contribution in [3.63, 3.8) is 0 Å². The molecule has 2 aromatic rings. The molecular formula is C23H27N3. The molecule has 0 N–H and O–H groups in total. The molecule has 4 rings (SSSR count). The Morgan fingerprint density at radius 3 is 2.54 bits per heavy atom. The van der Waals surface area contributed by atoms with Crippen LogP contribution in [0, 0.1) is 17.2 Å². The number of nitrogens with zero attached hydrogens (tertiary/aromatic N) is 3. The summed E-state index contributed by atoms with van der Waals surface area (Å²) in [4.78, 5) is 5.19. The van der Waals surface area contributed by atoms with Gasteiger partial charge in [-0.1, -0.05) is 36.4 Å². The molecule has 1 saturated heterocycles. The normalized spacial score (nSPS) is 19.0. The van der Waals surface area contributed by atoms with Gasteiger partial charge in [0.25, 0.3) is 0 Å². The topological polar surface area (TPSA) is 30.3 Å². The molecule has 134 valence electrons. The first-order chi connectivity index (χ1) is 12.8. The van der Waals surface area contributed by atoms with Crippen LogP contribution in [0.1, 0.15) is 35.1 Å². The maximum atomic E-state index is 9.05. The summed E-state index contributed by atoms with van der Waals surface area (Å²) in [5.41, 5.74) is 5.09. The zero-order valence-corrected chi connectivity index (χ0v) is 15.4. The number of hydrogen-bond donors (Lipinski definition) is 0. The molecule has 3 nitrogen and oxygen atoms in total. The van der Waals surface area contributed by atoms with Gasteiger partial charge < -0.3 is 0 Å². The van der Waals surface area contributed by atoms with E-state index in [1.54, 1.807) is 0 Å². The van der Waals surface area contributed by atoms with Crippen LogP contribution in [0.4, 0.5) is 0 Å². The molecule has 2 aliphatic heterocycles. The maximum absolute atomic E-state index is 9.05. The van der Waals surface area contributed by atoms with Crippen LogP contribution in [0.25, 0.3) is 0 Å². The van der Waals surface area contributed by atoms with Gasteiger partial charge in [0.15, 0.2) is 0 Å². The van der Waals surface area contributed by atoms with Gasteiger partial charge in [-0.05, 0) is 67.1 Å². The lowest BCUT2D eigenvalue weighted by atomic mass is 9.93. The number of likely N-dealkylation sites (tertiary alicyclic amines) is 1. The molecule has 2 heterocycles. The molecule has 0 radical (unpaired) electrons. The Hall–Kier alpha value is -2.15. The molecular weight excluding hydrogens is 318 g/mol. The molecule has 0 amide bonds. The lowest BCUT2D eigenvalue weighted by Gasteiger charge is -2.36. The Morgan fingerprint density at radius 1 is 0.923 bits per heavy atom. The third kappa shape index (κ3) is 4.15. The van der Waals surface area contributed by atoms with Crippen LogP contribution in [0.3, 0.4) is 0 Å². The summed E-state index contributed by atoms with van der Waals surface area (Å²) in [6.07, 6.45) is 3.77. The molecule has 0 aliphatic carbocycles. The summed E-state index contributed by atoms with van der Waals surface area (Å²) in [7, 11) is 0. The minimum absolute atomic E-state index is 0.766. The van der Waals surface area contributed by atoms with Gasteiger partial charge in [-0.25, -0.2) is 0 Å². The summed E-state index contributed by atoms with van der Waals surface area (Å²) in [5.74, 6) is 0.821. The first-order valence-electron chi connectivity index (χ1n) is 9.81. The van der Waals surface area contributed by atoms with Gasteiger partial charge in [0, 0.05) is 26.2 Å². The highest BCUT2D eigenvalue weighted by molar-refractivity contribution is 5.32. The first-order valence-corrected chi connectivity index (χ1v) is 9.81. The smallest absolute Gasteiger partial charge is 0.0991 e. The zero-order valence-electron chi connectivity index (χ0n) is 15.4. The number of fused-ring (bicyclic) bond motifs is 1. The molecule has 0 saturated carbocycles. The Bertz CT molecular complexity index is 784. The van der Waals surface area contributed by atoms with Crippen LogP contribution in [-0.2, 0) is 19.5 Å². The van der Waals surface area contributed by atoms with E-state index in [1.165, 1.54) is 62.1 Å². The molecule has 0 bridgehead atoms. The molecule has 1 fully saturated rings. The quantitative estimate of drug-likeness (QED) is 0.844. The number of hydrogen-bond acceptors (Lipinski definition) is 3. The van der Waals surface area contributed by atoms with Gasteiger partial charge in [-0.15, -0.1) is 0 Å². The van der Waals surface area contributed by atoms with Crippen molar-refractivity contribution in [2.24, 2.45) is 5.92 Å². The van der Waals surface area contributed by atoms with Crippen LogP contribution in [-0.4, -0.2) is 36.0 Å². The van der Waals surface area contributed by atoms with Crippen molar-refractivity contribution in [2.45, 2.75) is 32.4 Å². The second-order valence-electron chi connectivity index (χ2n) is 7.79. The summed E-state index contributed by atoms with van der Waals surface area (Å²) >= 11 is 0. The van der Waals surface area contributed by atoms with E-state index in [0.717, 1.165) is 24.6 Å². The number of rotatable bonds is 4. The standard InChI is InChI=1S/C23H27N3/c24-15-20-4-3-5-21(14-20)17-25-11-8-19(9-12-25)16-26-13-10-22-6-1-2-7-23(22)18-26/h1-7,14,19H,8-13,16-18H2. The SMILES string of the molecule is N#Cc1cccc(CN2CCC(CN3CCc4ccccc4C3)CC2)c1. The van der Waals surface area contributed by atoms with Crippen molar-refractivity contribution < 1.29 is 0 Å². The highest BCUT2D eigenvalue weighted by atomic mass is 15.1. The van der Waals surface area contributed by atoms with E-state index in [9.17, 15) is 0 Å². The van der Waals surface area contributed by atoms with E-state index in [4.69, 9.17) is 5.26 Å². The predicted molar refractivity (Wildman–Crippen MR) is 105 cm³/mol. The fourth-order valence-corrected chi connectivity index (χ4v) is 4.40. The third-order valence-electron chi connectivity index (χ3n) is 5.90. The van der Waals surface area contributed by atoms with Crippen molar-refractivity contribution in [1.82, 2.24) is 9.80 Å². The molecule has 2 aliphatic rings. The largest absolute Gasteiger partial charge is 0.299 e. The fraction of sp³-hybridized carbons (Fsp3) is 0.435. The highest BCUT2D eigenvalue weighted by Crippen LogP contribution is 2.24. The molecule has 26 heavy (non-hydrogen) atoms. The van der Waals surface area contributed by atoms with Gasteiger partial charge in [0.05, 0.1) is 11.6 Å². The summed E-state index contributed by atoms with van der Waals surface area (Å²) < 4.78 is 0. The third-order valence-corrected chi connectivity index (χ3v) is 5.90. The van der Waals surface area contributed by atoms with Crippen LogP contribution < -0.4 is 0 Å². The number of nitriles is 1. The van der Waals surface area contributed by atoms with Gasteiger partial charge in [0.1, 0.15) is 0 Å². The Labute approximate surface area is 156 Å². The van der Waals surface area contributed by atoms with Gasteiger partial charge in [-0.2, -0.15) is 5.26 Å². The predicted octanol–water partition coefficient (Wildman–Crippen LogP) is 3.83.